The molecule has 10 rings (SSSR count). The largest absolute Gasteiger partial charge is 0.478 e. The summed E-state index contributed by atoms with van der Waals surface area (Å²) in [5, 5.41) is 47.9. The summed E-state index contributed by atoms with van der Waals surface area (Å²) in [4.78, 5) is 82.8. The van der Waals surface area contributed by atoms with E-state index in [1.165, 1.54) is 54.6 Å². The Balaban J connectivity index is 0.000000147. The molecule has 6 aromatic carbocycles. The Bertz CT molecular complexity index is 3650. The standard InChI is InChI=1S/C16H11N5O4.C16H13N5O2.C7H8N2O2.C6H7N3O2/c22-16(23)8-4-5-9-11(6-8)19-13(17-9)7-14-18-10-2-1-3-12(21(24)25)15(10)20-14;17-9-2-1-3-11-15(9)21-14(19-11)7-13-18-10-5-4-8(16(22)23)6-12(10)20-13;8-5-2-1-4(7(10)11)3-6(5)9;7-4-2-1-3-5(6(4)8)9(10)11/h1-6H,7H2,(H,17,19)(H,18,20)(H,22,23);1-6H,7,17H2,(H,18,20)(H,19,21)(H,22,23);1-3H,8-9H2,(H,10,11);1-3H,7-8H2/p+1. The quantitative estimate of drug-likeness (QED) is 0.0479. The van der Waals surface area contributed by atoms with Gasteiger partial charge in [-0.15, -0.1) is 0 Å². The molecule has 25 heteroatoms. The molecule has 0 bridgehead atoms. The van der Waals surface area contributed by atoms with E-state index in [0.717, 1.165) is 22.4 Å². The smallest absolute Gasteiger partial charge is 0.335 e. The van der Waals surface area contributed by atoms with Crippen LogP contribution >= 0.6 is 0 Å². The van der Waals surface area contributed by atoms with Gasteiger partial charge in [0.25, 0.3) is 11.4 Å². The summed E-state index contributed by atoms with van der Waals surface area (Å²) < 4.78 is 0. The van der Waals surface area contributed by atoms with Crippen molar-refractivity contribution in [3.63, 3.8) is 0 Å². The summed E-state index contributed by atoms with van der Waals surface area (Å²) in [6.45, 7) is 0. The van der Waals surface area contributed by atoms with Crippen molar-refractivity contribution in [3.05, 3.63) is 169 Å². The maximum absolute atomic E-state index is 11.1. The second-order valence-corrected chi connectivity index (χ2v) is 15.1. The summed E-state index contributed by atoms with van der Waals surface area (Å²) in [6, 6.07) is 28.5. The Labute approximate surface area is 391 Å². The summed E-state index contributed by atoms with van der Waals surface area (Å²) in [7, 11) is 0. The number of aromatic carboxylic acids is 3. The molecule has 0 amide bonds. The number of aromatic amines is 4. The number of rotatable bonds is 9. The SMILES string of the molecule is Nc1cc(C(=O)O)ccc1[NH3+].Nc1cccc([N+](=O)[O-])c1N.Nc1cccc2[nH]c(Cc3nc4ccc(C(=O)O)cc4[nH]3)nc12.O=C(O)c1ccc2nc(Cc3nc4c([N+](=O)[O-])cccc4[nH]3)[nH]c2c1. The number of fused-ring (bicyclic) bond motifs is 4. The van der Waals surface area contributed by atoms with Gasteiger partial charge in [0.15, 0.2) is 11.2 Å². The fourth-order valence-electron chi connectivity index (χ4n) is 6.82. The van der Waals surface area contributed by atoms with E-state index in [9.17, 15) is 34.6 Å². The Morgan fingerprint density at radius 2 is 0.914 bits per heavy atom. The molecule has 0 aliphatic carbocycles. The van der Waals surface area contributed by atoms with Crippen molar-refractivity contribution >= 4 is 102 Å². The number of carbonyl (C=O) groups is 3. The number of para-hydroxylation sites is 3. The number of quaternary nitrogens is 1. The van der Waals surface area contributed by atoms with Crippen molar-refractivity contribution < 1.29 is 45.3 Å². The predicted molar refractivity (Wildman–Crippen MR) is 257 cm³/mol. The van der Waals surface area contributed by atoms with Crippen LogP contribution in [0.4, 0.5) is 39.8 Å². The van der Waals surface area contributed by atoms with E-state index in [-0.39, 0.29) is 39.4 Å². The Morgan fingerprint density at radius 3 is 1.40 bits per heavy atom. The maximum atomic E-state index is 11.1. The zero-order chi connectivity index (χ0) is 50.4. The molecule has 0 fully saturated rings. The number of benzene rings is 6. The first-order valence-electron chi connectivity index (χ1n) is 20.4. The average molecular weight is 951 g/mol. The summed E-state index contributed by atoms with van der Waals surface area (Å²) in [5.41, 5.74) is 33.1. The van der Waals surface area contributed by atoms with Gasteiger partial charge in [0.2, 0.25) is 0 Å². The molecule has 18 N–H and O–H groups in total. The number of nitrogens with two attached hydrogens (primary N) is 4. The lowest BCUT2D eigenvalue weighted by atomic mass is 10.2. The van der Waals surface area contributed by atoms with E-state index in [4.69, 9.17) is 38.3 Å². The first-order chi connectivity index (χ1) is 33.3. The molecule has 0 aliphatic heterocycles. The van der Waals surface area contributed by atoms with Crippen molar-refractivity contribution in [1.82, 2.24) is 39.9 Å². The van der Waals surface area contributed by atoms with Crippen molar-refractivity contribution in [2.75, 3.05) is 22.9 Å². The molecule has 354 valence electrons. The minimum Gasteiger partial charge on any atom is -0.478 e. The van der Waals surface area contributed by atoms with Gasteiger partial charge in [-0.05, 0) is 72.8 Å². The van der Waals surface area contributed by atoms with E-state index >= 15 is 0 Å². The highest BCUT2D eigenvalue weighted by Gasteiger charge is 2.17. The van der Waals surface area contributed by atoms with Crippen LogP contribution in [0.5, 0.6) is 0 Å². The molecular weight excluding hydrogens is 911 g/mol. The normalized spacial score (nSPS) is 10.7. The van der Waals surface area contributed by atoms with Crippen LogP contribution in [0.3, 0.4) is 0 Å². The number of hydrogen-bond acceptors (Lipinski definition) is 15. The number of non-ortho nitro benzene ring substituents is 1. The number of nitro benzene ring substituents is 2. The molecule has 0 atom stereocenters. The lowest BCUT2D eigenvalue weighted by Crippen LogP contribution is -2.41. The van der Waals surface area contributed by atoms with Crippen LogP contribution in [0.25, 0.3) is 44.1 Å². The third-order valence-corrected chi connectivity index (χ3v) is 10.3. The molecule has 0 aliphatic rings. The first-order valence-corrected chi connectivity index (χ1v) is 20.4. The zero-order valence-corrected chi connectivity index (χ0v) is 36.2. The van der Waals surface area contributed by atoms with E-state index < -0.39 is 27.8 Å². The number of nitrogens with one attached hydrogen (secondary N) is 4. The van der Waals surface area contributed by atoms with Gasteiger partial charge in [0, 0.05) is 18.2 Å². The molecule has 0 saturated carbocycles. The molecular formula is C45H40N15O10+. The number of imidazole rings is 4. The number of H-pyrrole nitrogens is 4. The third kappa shape index (κ3) is 10.8. The Kier molecular flexibility index (Phi) is 13.6. The molecule has 0 radical (unpaired) electrons. The minimum atomic E-state index is -1.01. The van der Waals surface area contributed by atoms with Gasteiger partial charge < -0.3 is 63.9 Å². The lowest BCUT2D eigenvalue weighted by molar-refractivity contribution is -0.383. The maximum Gasteiger partial charge on any atom is 0.335 e. The summed E-state index contributed by atoms with van der Waals surface area (Å²) >= 11 is 0. The number of carboxylic acids is 3. The van der Waals surface area contributed by atoms with Gasteiger partial charge >= 0.3 is 17.9 Å². The average Bonchev–Trinajstić information content (AvgIpc) is 4.12. The van der Waals surface area contributed by atoms with Gasteiger partial charge in [-0.25, -0.2) is 34.3 Å². The first kappa shape index (κ1) is 47.5. The van der Waals surface area contributed by atoms with Crippen LogP contribution in [-0.2, 0) is 12.8 Å². The van der Waals surface area contributed by atoms with E-state index in [1.54, 1.807) is 36.4 Å². The molecule has 10 aromatic rings. The highest BCUT2D eigenvalue weighted by molar-refractivity contribution is 5.93. The lowest BCUT2D eigenvalue weighted by Gasteiger charge is -1.98. The van der Waals surface area contributed by atoms with Gasteiger partial charge in [0.1, 0.15) is 34.5 Å². The number of hydrogen-bond donors (Lipinski definition) is 12. The number of nitrogens with zero attached hydrogens (tertiary/aromatic N) is 6. The highest BCUT2D eigenvalue weighted by atomic mass is 16.6. The monoisotopic (exact) mass is 950 g/mol. The van der Waals surface area contributed by atoms with Crippen molar-refractivity contribution in [3.8, 4) is 0 Å². The molecule has 25 nitrogen and oxygen atoms in total. The summed E-state index contributed by atoms with van der Waals surface area (Å²) in [6.07, 6.45) is 0.786. The Morgan fingerprint density at radius 1 is 0.500 bits per heavy atom. The molecule has 0 unspecified atom stereocenters. The van der Waals surface area contributed by atoms with E-state index in [2.05, 4.69) is 45.6 Å². The fraction of sp³-hybridized carbons (Fsp3) is 0.0444. The van der Waals surface area contributed by atoms with Crippen LogP contribution < -0.4 is 28.7 Å². The van der Waals surface area contributed by atoms with Crippen LogP contribution in [-0.4, -0.2) is 82.9 Å². The number of nitro groups is 2. The van der Waals surface area contributed by atoms with Gasteiger partial charge in [-0.1, -0.05) is 18.2 Å². The van der Waals surface area contributed by atoms with Gasteiger partial charge in [-0.3, -0.25) is 20.2 Å². The van der Waals surface area contributed by atoms with Crippen LogP contribution in [0.2, 0.25) is 0 Å². The number of aromatic nitrogens is 8. The van der Waals surface area contributed by atoms with Gasteiger partial charge in [0.05, 0.1) is 89.5 Å². The Hall–Kier alpha value is -10.4. The topological polar surface area (TPSA) is 445 Å². The molecule has 4 heterocycles. The van der Waals surface area contributed by atoms with Crippen LogP contribution in [0.15, 0.2) is 109 Å². The summed E-state index contributed by atoms with van der Waals surface area (Å²) in [5.74, 6) is -0.383. The van der Waals surface area contributed by atoms with Crippen molar-refractivity contribution in [2.24, 2.45) is 0 Å². The molecule has 4 aromatic heterocycles. The number of anilines is 4. The van der Waals surface area contributed by atoms with E-state index in [1.807, 2.05) is 18.2 Å². The fourth-order valence-corrected chi connectivity index (χ4v) is 6.82. The van der Waals surface area contributed by atoms with Crippen LogP contribution in [0.1, 0.15) is 54.4 Å². The highest BCUT2D eigenvalue weighted by Crippen LogP contribution is 2.27. The zero-order valence-electron chi connectivity index (χ0n) is 36.2. The predicted octanol–water partition coefficient (Wildman–Crippen LogP) is 5.55. The van der Waals surface area contributed by atoms with Crippen molar-refractivity contribution in [1.29, 1.82) is 0 Å². The third-order valence-electron chi connectivity index (χ3n) is 10.3. The van der Waals surface area contributed by atoms with Gasteiger partial charge in [-0.2, -0.15) is 0 Å². The van der Waals surface area contributed by atoms with E-state index in [0.29, 0.717) is 75.0 Å². The second kappa shape index (κ2) is 20.0. The van der Waals surface area contributed by atoms with Crippen molar-refractivity contribution in [2.45, 2.75) is 12.8 Å². The number of carboxylic acid groups (broad SMARTS) is 3. The molecule has 70 heavy (non-hydrogen) atoms. The minimum absolute atomic E-state index is 0.0255. The second-order valence-electron chi connectivity index (χ2n) is 15.1. The molecule has 0 spiro atoms. The molecule has 0 saturated heterocycles. The van der Waals surface area contributed by atoms with Crippen LogP contribution in [0, 0.1) is 20.2 Å². The number of nitrogen functional groups attached to an aromatic ring is 4.